The molecule has 2 rings (SSSR count). The van der Waals surface area contributed by atoms with E-state index in [1.54, 1.807) is 14.0 Å². The quantitative estimate of drug-likeness (QED) is 0.946. The number of hydrogen-bond donors (Lipinski definition) is 1. The summed E-state index contributed by atoms with van der Waals surface area (Å²) in [6.45, 7) is 1.73. The number of aliphatic hydroxyl groups is 1. The van der Waals surface area contributed by atoms with Gasteiger partial charge in [0.2, 0.25) is 0 Å². The summed E-state index contributed by atoms with van der Waals surface area (Å²) in [4.78, 5) is 4.26. The third-order valence-corrected chi connectivity index (χ3v) is 4.29. The van der Waals surface area contributed by atoms with Crippen LogP contribution in [-0.4, -0.2) is 17.2 Å². The molecule has 0 saturated heterocycles. The Hall–Kier alpha value is -0.910. The molecule has 5 heteroatoms. The maximum Gasteiger partial charge on any atom is 0.138 e. The molecule has 17 heavy (non-hydrogen) atoms. The van der Waals surface area contributed by atoms with Crippen LogP contribution in [0.3, 0.4) is 0 Å². The van der Waals surface area contributed by atoms with Crippen LogP contribution in [0.2, 0.25) is 0 Å². The molecule has 1 atom stereocenters. The van der Waals surface area contributed by atoms with E-state index >= 15 is 0 Å². The number of methoxy groups -OCH3 is 1. The van der Waals surface area contributed by atoms with E-state index in [1.807, 2.05) is 29.6 Å². The molecule has 0 aliphatic heterocycles. The summed E-state index contributed by atoms with van der Waals surface area (Å²) in [6.07, 6.45) is 0. The average molecular weight is 314 g/mol. The Bertz CT molecular complexity index is 525. The highest BCUT2D eigenvalue weighted by atomic mass is 79.9. The van der Waals surface area contributed by atoms with Crippen molar-refractivity contribution in [1.82, 2.24) is 4.98 Å². The van der Waals surface area contributed by atoms with Crippen LogP contribution < -0.4 is 4.74 Å². The molecule has 0 saturated carbocycles. The number of hydrogen-bond acceptors (Lipinski definition) is 4. The van der Waals surface area contributed by atoms with E-state index in [1.165, 1.54) is 11.3 Å². The molecule has 1 aromatic heterocycles. The topological polar surface area (TPSA) is 42.4 Å². The van der Waals surface area contributed by atoms with Gasteiger partial charge in [0.15, 0.2) is 0 Å². The maximum atomic E-state index is 10.6. The van der Waals surface area contributed by atoms with Crippen molar-refractivity contribution in [3.05, 3.63) is 44.8 Å². The summed E-state index contributed by atoms with van der Waals surface area (Å²) in [5.41, 5.74) is -0.343. The first-order valence-corrected chi connectivity index (χ1v) is 6.69. The number of nitrogens with zero attached hydrogens (tertiary/aromatic N) is 1. The summed E-state index contributed by atoms with van der Waals surface area (Å²) in [5.74, 6) is 0.721. The highest BCUT2D eigenvalue weighted by molar-refractivity contribution is 9.10. The molecule has 1 heterocycles. The van der Waals surface area contributed by atoms with Gasteiger partial charge in [0.25, 0.3) is 0 Å². The van der Waals surface area contributed by atoms with Crippen LogP contribution >= 0.6 is 27.3 Å². The Morgan fingerprint density at radius 2 is 2.24 bits per heavy atom. The minimum absolute atomic E-state index is 0.651. The second-order valence-corrected chi connectivity index (χ2v) is 5.45. The Kier molecular flexibility index (Phi) is 3.51. The van der Waals surface area contributed by atoms with Crippen LogP contribution in [0, 0.1) is 0 Å². The first kappa shape index (κ1) is 12.5. The highest BCUT2D eigenvalue weighted by Crippen LogP contribution is 2.33. The van der Waals surface area contributed by atoms with Crippen molar-refractivity contribution in [3.63, 3.8) is 0 Å². The molecule has 1 unspecified atom stereocenters. The molecule has 0 spiro atoms. The van der Waals surface area contributed by atoms with Crippen LogP contribution in [-0.2, 0) is 5.60 Å². The number of halogens is 1. The third-order valence-electron chi connectivity index (χ3n) is 2.52. The molecule has 0 bridgehead atoms. The smallest absolute Gasteiger partial charge is 0.138 e. The van der Waals surface area contributed by atoms with Gasteiger partial charge in [-0.1, -0.05) is 12.1 Å². The van der Waals surface area contributed by atoms with Crippen LogP contribution in [0.4, 0.5) is 0 Å². The molecular formula is C12H12BrNO2S. The van der Waals surface area contributed by atoms with Gasteiger partial charge in [-0.15, -0.1) is 11.3 Å². The summed E-state index contributed by atoms with van der Waals surface area (Å²) in [7, 11) is 1.60. The van der Waals surface area contributed by atoms with Gasteiger partial charge in [0.1, 0.15) is 21.0 Å². The fourth-order valence-electron chi connectivity index (χ4n) is 1.53. The minimum Gasteiger partial charge on any atom is -0.497 e. The van der Waals surface area contributed by atoms with Crippen LogP contribution in [0.1, 0.15) is 17.5 Å². The summed E-state index contributed by atoms with van der Waals surface area (Å²) < 4.78 is 5.89. The Labute approximate surface area is 112 Å². The van der Waals surface area contributed by atoms with Crippen molar-refractivity contribution in [2.24, 2.45) is 0 Å². The standard InChI is InChI=1S/C12H12BrNO2S/c1-12(15,11-14-10(13)7-17-11)8-4-3-5-9(6-8)16-2/h3-7,15H,1-2H3. The number of aromatic nitrogens is 1. The van der Waals surface area contributed by atoms with E-state index in [0.29, 0.717) is 5.01 Å². The van der Waals surface area contributed by atoms with E-state index in [9.17, 15) is 5.11 Å². The zero-order chi connectivity index (χ0) is 12.5. The molecule has 1 N–H and O–H groups in total. The van der Waals surface area contributed by atoms with Gasteiger partial charge in [-0.2, -0.15) is 0 Å². The SMILES string of the molecule is COc1cccc(C(C)(O)c2nc(Br)cs2)c1. The first-order chi connectivity index (χ1) is 8.04. The van der Waals surface area contributed by atoms with E-state index in [2.05, 4.69) is 20.9 Å². The largest absolute Gasteiger partial charge is 0.497 e. The summed E-state index contributed by atoms with van der Waals surface area (Å²) >= 11 is 4.70. The summed E-state index contributed by atoms with van der Waals surface area (Å²) in [5, 5.41) is 13.1. The van der Waals surface area contributed by atoms with E-state index in [0.717, 1.165) is 15.9 Å². The predicted octanol–water partition coefficient (Wildman–Crippen LogP) is 3.17. The first-order valence-electron chi connectivity index (χ1n) is 5.02. The second-order valence-electron chi connectivity index (χ2n) is 3.78. The molecule has 90 valence electrons. The molecule has 0 aliphatic rings. The van der Waals surface area contributed by atoms with Crippen molar-refractivity contribution in [3.8, 4) is 5.75 Å². The Morgan fingerprint density at radius 1 is 1.47 bits per heavy atom. The number of thiazole rings is 1. The normalized spacial score (nSPS) is 14.4. The van der Waals surface area contributed by atoms with E-state index in [4.69, 9.17) is 4.74 Å². The molecule has 0 radical (unpaired) electrons. The van der Waals surface area contributed by atoms with Gasteiger partial charge >= 0.3 is 0 Å². The second kappa shape index (κ2) is 4.76. The lowest BCUT2D eigenvalue weighted by molar-refractivity contribution is 0.101. The van der Waals surface area contributed by atoms with Crippen molar-refractivity contribution >= 4 is 27.3 Å². The fourth-order valence-corrected chi connectivity index (χ4v) is 2.86. The Balaban J connectivity index is 2.43. The molecule has 1 aromatic carbocycles. The lowest BCUT2D eigenvalue weighted by Gasteiger charge is -2.21. The average Bonchev–Trinajstić information content (AvgIpc) is 2.76. The molecule has 3 nitrogen and oxygen atoms in total. The van der Waals surface area contributed by atoms with Crippen molar-refractivity contribution in [1.29, 1.82) is 0 Å². The zero-order valence-corrected chi connectivity index (χ0v) is 11.9. The van der Waals surface area contributed by atoms with Crippen LogP contribution in [0.5, 0.6) is 5.75 Å². The molecule has 0 fully saturated rings. The highest BCUT2D eigenvalue weighted by Gasteiger charge is 2.29. The van der Waals surface area contributed by atoms with Crippen molar-refractivity contribution < 1.29 is 9.84 Å². The third kappa shape index (κ3) is 2.51. The summed E-state index contributed by atoms with van der Waals surface area (Å²) in [6, 6.07) is 7.37. The fraction of sp³-hybridized carbons (Fsp3) is 0.250. The number of rotatable bonds is 3. The Morgan fingerprint density at radius 3 is 2.82 bits per heavy atom. The van der Waals surface area contributed by atoms with Crippen LogP contribution in [0.25, 0.3) is 0 Å². The van der Waals surface area contributed by atoms with Gasteiger partial charge in [-0.3, -0.25) is 0 Å². The maximum absolute atomic E-state index is 10.6. The zero-order valence-electron chi connectivity index (χ0n) is 9.48. The molecular weight excluding hydrogens is 302 g/mol. The molecule has 0 aliphatic carbocycles. The molecule has 2 aromatic rings. The van der Waals surface area contributed by atoms with Crippen LogP contribution in [0.15, 0.2) is 34.2 Å². The monoisotopic (exact) mass is 313 g/mol. The minimum atomic E-state index is -1.11. The number of benzene rings is 1. The van der Waals surface area contributed by atoms with Gasteiger partial charge in [0.05, 0.1) is 7.11 Å². The lowest BCUT2D eigenvalue weighted by atomic mass is 9.97. The van der Waals surface area contributed by atoms with Gasteiger partial charge in [-0.25, -0.2) is 4.98 Å². The van der Waals surface area contributed by atoms with Gasteiger partial charge in [-0.05, 0) is 40.5 Å². The van der Waals surface area contributed by atoms with Crippen molar-refractivity contribution in [2.45, 2.75) is 12.5 Å². The van der Waals surface area contributed by atoms with Gasteiger partial charge in [0, 0.05) is 5.38 Å². The molecule has 0 amide bonds. The van der Waals surface area contributed by atoms with E-state index < -0.39 is 5.60 Å². The predicted molar refractivity (Wildman–Crippen MR) is 71.5 cm³/mol. The number of ether oxygens (including phenoxy) is 1. The van der Waals surface area contributed by atoms with Crippen molar-refractivity contribution in [2.75, 3.05) is 7.11 Å². The van der Waals surface area contributed by atoms with E-state index in [-0.39, 0.29) is 0 Å². The lowest BCUT2D eigenvalue weighted by Crippen LogP contribution is -2.22. The van der Waals surface area contributed by atoms with Gasteiger partial charge < -0.3 is 9.84 Å².